The molecule has 0 radical (unpaired) electrons. The topological polar surface area (TPSA) is 32.3 Å². The van der Waals surface area contributed by atoms with Crippen LogP contribution in [0.5, 0.6) is 0 Å². The second-order valence-electron chi connectivity index (χ2n) is 5.77. The summed E-state index contributed by atoms with van der Waals surface area (Å²) in [5.74, 6) is 0.957. The number of hydrogen-bond acceptors (Lipinski definition) is 3. The number of carbonyl (C=O) groups is 1. The summed E-state index contributed by atoms with van der Waals surface area (Å²) < 4.78 is 0. The lowest BCUT2D eigenvalue weighted by molar-refractivity contribution is -0.132. The lowest BCUT2D eigenvalue weighted by atomic mass is 9.97. The highest BCUT2D eigenvalue weighted by Gasteiger charge is 2.33. The van der Waals surface area contributed by atoms with Crippen LogP contribution >= 0.6 is 11.8 Å². The third-order valence-electron chi connectivity index (χ3n) is 4.25. The molecule has 3 rings (SSSR count). The highest BCUT2D eigenvalue weighted by molar-refractivity contribution is 8.01. The van der Waals surface area contributed by atoms with E-state index in [1.807, 2.05) is 7.05 Å². The Morgan fingerprint density at radius 3 is 3.10 bits per heavy atom. The summed E-state index contributed by atoms with van der Waals surface area (Å²) in [4.78, 5) is 16.1. The van der Waals surface area contributed by atoms with E-state index in [1.165, 1.54) is 16.9 Å². The average molecular weight is 290 g/mol. The van der Waals surface area contributed by atoms with Crippen molar-refractivity contribution in [1.82, 2.24) is 10.2 Å². The molecule has 2 atom stereocenters. The molecule has 0 bridgehead atoms. The van der Waals surface area contributed by atoms with E-state index >= 15 is 0 Å². The van der Waals surface area contributed by atoms with Crippen LogP contribution in [-0.4, -0.2) is 42.7 Å². The van der Waals surface area contributed by atoms with Crippen molar-refractivity contribution >= 4 is 17.7 Å². The summed E-state index contributed by atoms with van der Waals surface area (Å²) in [6.07, 6.45) is 3.28. The molecule has 4 heteroatoms. The van der Waals surface area contributed by atoms with E-state index in [0.717, 1.165) is 32.5 Å². The van der Waals surface area contributed by atoms with Crippen molar-refractivity contribution in [1.29, 1.82) is 0 Å². The maximum Gasteiger partial charge on any atom is 0.236 e. The van der Waals surface area contributed by atoms with E-state index in [-0.39, 0.29) is 5.25 Å². The largest absolute Gasteiger partial charge is 0.341 e. The van der Waals surface area contributed by atoms with Crippen molar-refractivity contribution in [3.05, 3.63) is 29.8 Å². The summed E-state index contributed by atoms with van der Waals surface area (Å²) in [6.45, 7) is 2.88. The summed E-state index contributed by atoms with van der Waals surface area (Å²) >= 11 is 1.75. The van der Waals surface area contributed by atoms with E-state index in [4.69, 9.17) is 0 Å². The van der Waals surface area contributed by atoms with Gasteiger partial charge in [0.1, 0.15) is 0 Å². The fraction of sp³-hybridized carbons (Fsp3) is 0.562. The smallest absolute Gasteiger partial charge is 0.236 e. The molecule has 1 saturated heterocycles. The minimum Gasteiger partial charge on any atom is -0.341 e. The Morgan fingerprint density at radius 1 is 1.45 bits per heavy atom. The van der Waals surface area contributed by atoms with Crippen LogP contribution in [0, 0.1) is 5.92 Å². The van der Waals surface area contributed by atoms with Gasteiger partial charge >= 0.3 is 0 Å². The van der Waals surface area contributed by atoms with Gasteiger partial charge in [0.05, 0.1) is 5.25 Å². The normalized spacial score (nSPS) is 25.6. The maximum absolute atomic E-state index is 12.7. The molecule has 1 aromatic rings. The van der Waals surface area contributed by atoms with Gasteiger partial charge in [-0.1, -0.05) is 18.2 Å². The van der Waals surface area contributed by atoms with Crippen LogP contribution in [0.2, 0.25) is 0 Å². The van der Waals surface area contributed by atoms with Gasteiger partial charge in [-0.05, 0) is 50.4 Å². The molecule has 1 amide bonds. The van der Waals surface area contributed by atoms with Crippen LogP contribution < -0.4 is 5.32 Å². The summed E-state index contributed by atoms with van der Waals surface area (Å²) in [6, 6.07) is 8.40. The number of thioether (sulfide) groups is 1. The minimum atomic E-state index is 0.0979. The van der Waals surface area contributed by atoms with Gasteiger partial charge < -0.3 is 10.2 Å². The Morgan fingerprint density at radius 2 is 2.30 bits per heavy atom. The monoisotopic (exact) mass is 290 g/mol. The zero-order valence-electron chi connectivity index (χ0n) is 12.0. The second-order valence-corrected chi connectivity index (χ2v) is 7.01. The number of rotatable bonds is 3. The van der Waals surface area contributed by atoms with Gasteiger partial charge in [0.15, 0.2) is 0 Å². The second kappa shape index (κ2) is 6.19. The first-order valence-electron chi connectivity index (χ1n) is 7.46. The number of carbonyl (C=O) groups excluding carboxylic acids is 1. The third-order valence-corrected chi connectivity index (χ3v) is 5.55. The highest BCUT2D eigenvalue weighted by Crippen LogP contribution is 2.38. The standard InChI is InChI=1S/C16H22N2OS/c1-17-10-12-5-4-8-18(11-12)16(19)15-9-13-6-2-3-7-14(13)20-15/h2-3,6-7,12,15,17H,4-5,8-11H2,1H3. The first kappa shape index (κ1) is 14.0. The lowest BCUT2D eigenvalue weighted by Gasteiger charge is -2.34. The van der Waals surface area contributed by atoms with E-state index in [0.29, 0.717) is 11.8 Å². The van der Waals surface area contributed by atoms with Crippen molar-refractivity contribution in [2.24, 2.45) is 5.92 Å². The molecule has 1 aromatic carbocycles. The van der Waals surface area contributed by atoms with E-state index in [1.54, 1.807) is 11.8 Å². The molecular weight excluding hydrogens is 268 g/mol. The highest BCUT2D eigenvalue weighted by atomic mass is 32.2. The molecule has 0 aliphatic carbocycles. The van der Waals surface area contributed by atoms with Gasteiger partial charge in [0, 0.05) is 18.0 Å². The Hall–Kier alpha value is -1.00. The number of likely N-dealkylation sites (tertiary alicyclic amines) is 1. The molecule has 1 fully saturated rings. The van der Waals surface area contributed by atoms with Crippen molar-refractivity contribution in [3.63, 3.8) is 0 Å². The molecule has 2 heterocycles. The van der Waals surface area contributed by atoms with Crippen LogP contribution in [0.4, 0.5) is 0 Å². The molecule has 0 spiro atoms. The molecule has 3 nitrogen and oxygen atoms in total. The predicted molar refractivity (Wildman–Crippen MR) is 83.0 cm³/mol. The maximum atomic E-state index is 12.7. The van der Waals surface area contributed by atoms with Crippen LogP contribution in [0.15, 0.2) is 29.2 Å². The molecule has 2 aliphatic heterocycles. The number of nitrogens with one attached hydrogen (secondary N) is 1. The summed E-state index contributed by atoms with van der Waals surface area (Å²) in [5.41, 5.74) is 1.33. The molecule has 0 aromatic heterocycles. The van der Waals surface area contributed by atoms with E-state index in [9.17, 15) is 4.79 Å². The van der Waals surface area contributed by atoms with Crippen molar-refractivity contribution in [2.75, 3.05) is 26.7 Å². The number of benzene rings is 1. The van der Waals surface area contributed by atoms with Crippen LogP contribution in [0.25, 0.3) is 0 Å². The summed E-state index contributed by atoms with van der Waals surface area (Å²) in [7, 11) is 1.99. The summed E-state index contributed by atoms with van der Waals surface area (Å²) in [5, 5.41) is 3.34. The molecule has 0 saturated carbocycles. The predicted octanol–water partition coefficient (Wildman–Crippen LogP) is 2.16. The van der Waals surface area contributed by atoms with E-state index < -0.39 is 0 Å². The van der Waals surface area contributed by atoms with Gasteiger partial charge in [0.25, 0.3) is 0 Å². The molecule has 1 N–H and O–H groups in total. The number of piperidine rings is 1. The molecule has 108 valence electrons. The van der Waals surface area contributed by atoms with Gasteiger partial charge in [-0.25, -0.2) is 0 Å². The fourth-order valence-corrected chi connectivity index (χ4v) is 4.52. The van der Waals surface area contributed by atoms with Gasteiger partial charge in [-0.2, -0.15) is 0 Å². The third kappa shape index (κ3) is 2.86. The van der Waals surface area contributed by atoms with Crippen molar-refractivity contribution in [3.8, 4) is 0 Å². The van der Waals surface area contributed by atoms with Gasteiger partial charge in [-0.15, -0.1) is 11.8 Å². The van der Waals surface area contributed by atoms with Crippen LogP contribution in [0.1, 0.15) is 18.4 Å². The van der Waals surface area contributed by atoms with Crippen molar-refractivity contribution < 1.29 is 4.79 Å². The Kier molecular flexibility index (Phi) is 4.32. The first-order valence-corrected chi connectivity index (χ1v) is 8.34. The first-order chi connectivity index (χ1) is 9.78. The minimum absolute atomic E-state index is 0.0979. The quantitative estimate of drug-likeness (QED) is 0.926. The SMILES string of the molecule is CNCC1CCCN(C(=O)C2Cc3ccccc3S2)C1. The molecule has 2 unspecified atom stereocenters. The van der Waals surface area contributed by atoms with Gasteiger partial charge in [0.2, 0.25) is 5.91 Å². The Balaban J connectivity index is 1.63. The number of hydrogen-bond donors (Lipinski definition) is 1. The zero-order chi connectivity index (χ0) is 13.9. The zero-order valence-corrected chi connectivity index (χ0v) is 12.8. The molecule has 20 heavy (non-hydrogen) atoms. The number of nitrogens with zero attached hydrogens (tertiary/aromatic N) is 1. The molecule has 2 aliphatic rings. The Labute approximate surface area is 125 Å². The van der Waals surface area contributed by atoms with Crippen molar-refractivity contribution in [2.45, 2.75) is 29.4 Å². The van der Waals surface area contributed by atoms with Crippen LogP contribution in [-0.2, 0) is 11.2 Å². The lowest BCUT2D eigenvalue weighted by Crippen LogP contribution is -2.45. The van der Waals surface area contributed by atoms with Gasteiger partial charge in [-0.3, -0.25) is 4.79 Å². The number of amides is 1. The van der Waals surface area contributed by atoms with Crippen LogP contribution in [0.3, 0.4) is 0 Å². The fourth-order valence-electron chi connectivity index (χ4n) is 3.24. The number of fused-ring (bicyclic) bond motifs is 1. The average Bonchev–Trinajstić information content (AvgIpc) is 2.91. The molecular formula is C16H22N2OS. The van der Waals surface area contributed by atoms with E-state index in [2.05, 4.69) is 34.5 Å². The Bertz CT molecular complexity index is 464.